The molecule has 1 aromatic rings. The van der Waals surface area contributed by atoms with Crippen molar-refractivity contribution in [3.8, 4) is 0 Å². The monoisotopic (exact) mass is 294 g/mol. The molecule has 3 atom stereocenters. The van der Waals surface area contributed by atoms with Crippen LogP contribution in [0.1, 0.15) is 38.1 Å². The third-order valence-corrected chi connectivity index (χ3v) is 3.33. The summed E-state index contributed by atoms with van der Waals surface area (Å²) in [6.07, 6.45) is -1.51. The van der Waals surface area contributed by atoms with Crippen LogP contribution in [0.15, 0.2) is 30.3 Å². The van der Waals surface area contributed by atoms with E-state index in [0.29, 0.717) is 5.56 Å². The standard InChI is InChI=1S/C16H22O5/c1-5-19-16(18)21-13(4)11(2)12(3)20-15(17)14-9-7-6-8-10-14/h6-13H,5H2,1-4H3. The Hall–Kier alpha value is -2.04. The van der Waals surface area contributed by atoms with Crippen LogP contribution in [0.25, 0.3) is 0 Å². The first-order valence-corrected chi connectivity index (χ1v) is 7.05. The number of carbonyl (C=O) groups excluding carboxylic acids is 2. The summed E-state index contributed by atoms with van der Waals surface area (Å²) in [4.78, 5) is 23.2. The number of ether oxygens (including phenoxy) is 3. The average molecular weight is 294 g/mol. The normalized spacial score (nSPS) is 14.7. The van der Waals surface area contributed by atoms with Crippen molar-refractivity contribution in [2.75, 3.05) is 6.61 Å². The molecule has 3 unspecified atom stereocenters. The first-order chi connectivity index (χ1) is 9.95. The number of hydrogen-bond acceptors (Lipinski definition) is 5. The summed E-state index contributed by atoms with van der Waals surface area (Å²) in [6, 6.07) is 8.77. The molecule has 0 aromatic heterocycles. The maximum absolute atomic E-state index is 12.0. The van der Waals surface area contributed by atoms with Crippen LogP contribution in [0.4, 0.5) is 4.79 Å². The lowest BCUT2D eigenvalue weighted by atomic mass is 10.0. The Kier molecular flexibility index (Phi) is 6.72. The second-order valence-electron chi connectivity index (χ2n) is 4.84. The van der Waals surface area contributed by atoms with Crippen molar-refractivity contribution in [2.45, 2.75) is 39.9 Å². The predicted octanol–water partition coefficient (Wildman–Crippen LogP) is 3.43. The van der Waals surface area contributed by atoms with Gasteiger partial charge in [0.1, 0.15) is 12.2 Å². The molecular formula is C16H22O5. The Bertz CT molecular complexity index is 457. The van der Waals surface area contributed by atoms with Gasteiger partial charge in [0.05, 0.1) is 12.2 Å². The van der Waals surface area contributed by atoms with Crippen molar-refractivity contribution in [1.82, 2.24) is 0 Å². The van der Waals surface area contributed by atoms with E-state index in [-0.39, 0.29) is 18.6 Å². The highest BCUT2D eigenvalue weighted by Gasteiger charge is 2.26. The van der Waals surface area contributed by atoms with E-state index in [0.717, 1.165) is 0 Å². The second kappa shape index (κ2) is 8.29. The number of benzene rings is 1. The predicted molar refractivity (Wildman–Crippen MR) is 78.1 cm³/mol. The van der Waals surface area contributed by atoms with Crippen LogP contribution < -0.4 is 0 Å². The summed E-state index contributed by atoms with van der Waals surface area (Å²) in [6.45, 7) is 7.34. The molecule has 5 nitrogen and oxygen atoms in total. The van der Waals surface area contributed by atoms with Crippen molar-refractivity contribution >= 4 is 12.1 Å². The van der Waals surface area contributed by atoms with Gasteiger partial charge in [0.15, 0.2) is 0 Å². The maximum atomic E-state index is 12.0. The third kappa shape index (κ3) is 5.45. The summed E-state index contributed by atoms with van der Waals surface area (Å²) < 4.78 is 15.2. The summed E-state index contributed by atoms with van der Waals surface area (Å²) >= 11 is 0. The first-order valence-electron chi connectivity index (χ1n) is 7.05. The van der Waals surface area contributed by atoms with Gasteiger partial charge in [-0.25, -0.2) is 9.59 Å². The highest BCUT2D eigenvalue weighted by Crippen LogP contribution is 2.17. The number of rotatable bonds is 6. The van der Waals surface area contributed by atoms with Gasteiger partial charge in [0.25, 0.3) is 0 Å². The van der Waals surface area contributed by atoms with Crippen LogP contribution >= 0.6 is 0 Å². The lowest BCUT2D eigenvalue weighted by molar-refractivity contribution is -0.0254. The smallest absolute Gasteiger partial charge is 0.459 e. The minimum absolute atomic E-state index is 0.151. The zero-order valence-corrected chi connectivity index (χ0v) is 12.9. The van der Waals surface area contributed by atoms with Crippen molar-refractivity contribution < 1.29 is 23.8 Å². The molecule has 0 N–H and O–H groups in total. The molecule has 0 radical (unpaired) electrons. The lowest BCUT2D eigenvalue weighted by Gasteiger charge is -2.25. The minimum atomic E-state index is -0.710. The Morgan fingerprint density at radius 2 is 1.57 bits per heavy atom. The van der Waals surface area contributed by atoms with E-state index in [4.69, 9.17) is 14.2 Å². The number of esters is 1. The molecule has 0 aliphatic carbocycles. The molecule has 0 fully saturated rings. The van der Waals surface area contributed by atoms with Crippen LogP contribution in [0.5, 0.6) is 0 Å². The van der Waals surface area contributed by atoms with Gasteiger partial charge in [-0.3, -0.25) is 0 Å². The third-order valence-electron chi connectivity index (χ3n) is 3.33. The average Bonchev–Trinajstić information content (AvgIpc) is 2.47. The summed E-state index contributed by atoms with van der Waals surface area (Å²) in [5, 5.41) is 0. The van der Waals surface area contributed by atoms with Gasteiger partial charge in [0, 0.05) is 5.92 Å². The van der Waals surface area contributed by atoms with E-state index in [9.17, 15) is 9.59 Å². The Balaban J connectivity index is 2.52. The van der Waals surface area contributed by atoms with Crippen molar-refractivity contribution in [3.63, 3.8) is 0 Å². The van der Waals surface area contributed by atoms with Crippen LogP contribution in [0.3, 0.4) is 0 Å². The molecular weight excluding hydrogens is 272 g/mol. The van der Waals surface area contributed by atoms with Gasteiger partial charge in [-0.1, -0.05) is 25.1 Å². The Labute approximate surface area is 125 Å². The molecule has 0 heterocycles. The van der Waals surface area contributed by atoms with E-state index in [1.54, 1.807) is 45.0 Å². The molecule has 0 aliphatic rings. The number of hydrogen-bond donors (Lipinski definition) is 0. The minimum Gasteiger partial charge on any atom is -0.459 e. The molecule has 0 amide bonds. The fourth-order valence-corrected chi connectivity index (χ4v) is 1.71. The summed E-state index contributed by atoms with van der Waals surface area (Å²) in [5.74, 6) is -0.541. The molecule has 5 heteroatoms. The van der Waals surface area contributed by atoms with Crippen LogP contribution in [0, 0.1) is 5.92 Å². The van der Waals surface area contributed by atoms with Gasteiger partial charge in [-0.2, -0.15) is 0 Å². The van der Waals surface area contributed by atoms with Gasteiger partial charge in [-0.15, -0.1) is 0 Å². The Morgan fingerprint density at radius 3 is 2.14 bits per heavy atom. The molecule has 0 aliphatic heterocycles. The lowest BCUT2D eigenvalue weighted by Crippen LogP contribution is -2.33. The van der Waals surface area contributed by atoms with Crippen LogP contribution in [0.2, 0.25) is 0 Å². The van der Waals surface area contributed by atoms with Crippen LogP contribution in [-0.2, 0) is 14.2 Å². The zero-order chi connectivity index (χ0) is 15.8. The van der Waals surface area contributed by atoms with Gasteiger partial charge < -0.3 is 14.2 Å². The quantitative estimate of drug-likeness (QED) is 0.752. The molecule has 21 heavy (non-hydrogen) atoms. The maximum Gasteiger partial charge on any atom is 0.508 e. The van der Waals surface area contributed by atoms with Crippen molar-refractivity contribution in [2.24, 2.45) is 5.92 Å². The molecule has 1 aromatic carbocycles. The van der Waals surface area contributed by atoms with Gasteiger partial charge in [0.2, 0.25) is 0 Å². The summed E-state index contributed by atoms with van der Waals surface area (Å²) in [5.41, 5.74) is 0.496. The topological polar surface area (TPSA) is 61.8 Å². The molecule has 0 saturated heterocycles. The fourth-order valence-electron chi connectivity index (χ4n) is 1.71. The molecule has 116 valence electrons. The van der Waals surface area contributed by atoms with E-state index in [2.05, 4.69) is 0 Å². The highest BCUT2D eigenvalue weighted by atomic mass is 16.7. The van der Waals surface area contributed by atoms with E-state index >= 15 is 0 Å². The van der Waals surface area contributed by atoms with Gasteiger partial charge >= 0.3 is 12.1 Å². The molecule has 0 spiro atoms. The van der Waals surface area contributed by atoms with E-state index in [1.165, 1.54) is 0 Å². The van der Waals surface area contributed by atoms with Gasteiger partial charge in [-0.05, 0) is 32.9 Å². The Morgan fingerprint density at radius 1 is 1.00 bits per heavy atom. The highest BCUT2D eigenvalue weighted by molar-refractivity contribution is 5.89. The molecule has 0 saturated carbocycles. The van der Waals surface area contributed by atoms with Crippen molar-refractivity contribution in [1.29, 1.82) is 0 Å². The second-order valence-corrected chi connectivity index (χ2v) is 4.84. The first kappa shape index (κ1) is 17.0. The van der Waals surface area contributed by atoms with Crippen molar-refractivity contribution in [3.05, 3.63) is 35.9 Å². The van der Waals surface area contributed by atoms with E-state index < -0.39 is 18.2 Å². The largest absolute Gasteiger partial charge is 0.508 e. The fraction of sp³-hybridized carbons (Fsp3) is 0.500. The summed E-state index contributed by atoms with van der Waals surface area (Å²) in [7, 11) is 0. The number of carbonyl (C=O) groups is 2. The van der Waals surface area contributed by atoms with Crippen LogP contribution in [-0.4, -0.2) is 30.9 Å². The molecule has 1 rings (SSSR count). The zero-order valence-electron chi connectivity index (χ0n) is 12.9. The molecule has 0 bridgehead atoms. The van der Waals surface area contributed by atoms with E-state index in [1.807, 2.05) is 13.0 Å². The SMILES string of the molecule is CCOC(=O)OC(C)C(C)C(C)OC(=O)c1ccccc1.